The van der Waals surface area contributed by atoms with E-state index in [1.807, 2.05) is 12.1 Å². The summed E-state index contributed by atoms with van der Waals surface area (Å²) in [6, 6.07) is 10.6. The summed E-state index contributed by atoms with van der Waals surface area (Å²) in [5, 5.41) is 17.6. The molecule has 1 rings (SSSR count). The lowest BCUT2D eigenvalue weighted by molar-refractivity contribution is -0.117. The van der Waals surface area contributed by atoms with Crippen LogP contribution in [0.3, 0.4) is 0 Å². The second kappa shape index (κ2) is 5.63. The highest BCUT2D eigenvalue weighted by molar-refractivity contribution is 6.04. The molecule has 0 saturated heterocycles. The Balaban J connectivity index is 3.04. The third kappa shape index (κ3) is 3.29. The zero-order chi connectivity index (χ0) is 12.8. The van der Waals surface area contributed by atoms with Gasteiger partial charge in [0.05, 0.1) is 17.2 Å². The Hall–Kier alpha value is -2.39. The summed E-state index contributed by atoms with van der Waals surface area (Å²) < 4.78 is 0. The molecule has 0 bridgehead atoms. The summed E-state index contributed by atoms with van der Waals surface area (Å²) in [6.45, 7) is 3.51. The second-order valence-corrected chi connectivity index (χ2v) is 3.92. The summed E-state index contributed by atoms with van der Waals surface area (Å²) in [6.07, 6.45) is 1.55. The van der Waals surface area contributed by atoms with Crippen LogP contribution in [-0.4, -0.2) is 5.78 Å². The standard InChI is InChI=1S/C14H12N2O/c1-10(2)14(17)13(9-16)7-11-3-5-12(8-15)6-4-11/h3-7,10H,1-2H3. The van der Waals surface area contributed by atoms with E-state index in [1.54, 1.807) is 44.2 Å². The number of carbonyl (C=O) groups excluding carboxylic acids is 1. The molecule has 0 heterocycles. The zero-order valence-corrected chi connectivity index (χ0v) is 9.77. The van der Waals surface area contributed by atoms with Crippen LogP contribution in [0.2, 0.25) is 0 Å². The van der Waals surface area contributed by atoms with Gasteiger partial charge in [0.15, 0.2) is 5.78 Å². The van der Waals surface area contributed by atoms with Crippen molar-refractivity contribution in [2.24, 2.45) is 5.92 Å². The first-order chi connectivity index (χ1) is 8.08. The molecule has 0 spiro atoms. The van der Waals surface area contributed by atoms with Crippen molar-refractivity contribution in [1.82, 2.24) is 0 Å². The number of carbonyl (C=O) groups is 1. The quantitative estimate of drug-likeness (QED) is 0.585. The van der Waals surface area contributed by atoms with Crippen molar-refractivity contribution in [3.63, 3.8) is 0 Å². The Morgan fingerprint density at radius 1 is 1.24 bits per heavy atom. The maximum atomic E-state index is 11.7. The first-order valence-corrected chi connectivity index (χ1v) is 5.24. The van der Waals surface area contributed by atoms with Gasteiger partial charge in [-0.15, -0.1) is 0 Å². The predicted molar refractivity (Wildman–Crippen MR) is 64.6 cm³/mol. The fourth-order valence-corrected chi connectivity index (χ4v) is 1.29. The van der Waals surface area contributed by atoms with Crippen LogP contribution in [0.1, 0.15) is 25.0 Å². The first kappa shape index (κ1) is 12.7. The molecule has 0 saturated carbocycles. The third-order valence-corrected chi connectivity index (χ3v) is 2.26. The number of benzene rings is 1. The van der Waals surface area contributed by atoms with Gasteiger partial charge < -0.3 is 0 Å². The second-order valence-electron chi connectivity index (χ2n) is 3.92. The molecule has 1 aromatic carbocycles. The van der Waals surface area contributed by atoms with Crippen molar-refractivity contribution in [3.05, 3.63) is 41.0 Å². The number of nitriles is 2. The Bertz CT molecular complexity index is 525. The number of ketones is 1. The lowest BCUT2D eigenvalue weighted by Gasteiger charge is -2.01. The van der Waals surface area contributed by atoms with Crippen molar-refractivity contribution in [3.8, 4) is 12.1 Å². The van der Waals surface area contributed by atoms with E-state index in [2.05, 4.69) is 0 Å². The van der Waals surface area contributed by atoms with Gasteiger partial charge in [-0.2, -0.15) is 10.5 Å². The van der Waals surface area contributed by atoms with Gasteiger partial charge in [-0.3, -0.25) is 4.79 Å². The minimum atomic E-state index is -0.195. The number of rotatable bonds is 3. The van der Waals surface area contributed by atoms with Gasteiger partial charge in [0.2, 0.25) is 0 Å². The normalized spacial score (nSPS) is 10.8. The topological polar surface area (TPSA) is 64.7 Å². The van der Waals surface area contributed by atoms with E-state index in [0.29, 0.717) is 5.56 Å². The van der Waals surface area contributed by atoms with E-state index in [1.165, 1.54) is 0 Å². The lowest BCUT2D eigenvalue weighted by atomic mass is 10.00. The maximum Gasteiger partial charge on any atom is 0.175 e. The zero-order valence-electron chi connectivity index (χ0n) is 9.77. The molecule has 0 aliphatic rings. The molecular formula is C14H12N2O. The number of nitrogens with zero attached hydrogens (tertiary/aromatic N) is 2. The summed E-state index contributed by atoms with van der Waals surface area (Å²) in [4.78, 5) is 11.7. The van der Waals surface area contributed by atoms with Gasteiger partial charge in [-0.05, 0) is 23.8 Å². The molecule has 0 radical (unpaired) electrons. The van der Waals surface area contributed by atoms with E-state index >= 15 is 0 Å². The molecule has 3 nitrogen and oxygen atoms in total. The van der Waals surface area contributed by atoms with Crippen LogP contribution in [-0.2, 0) is 4.79 Å². The van der Waals surface area contributed by atoms with Crippen LogP contribution in [0.25, 0.3) is 6.08 Å². The average molecular weight is 224 g/mol. The maximum absolute atomic E-state index is 11.7. The van der Waals surface area contributed by atoms with E-state index in [4.69, 9.17) is 10.5 Å². The molecule has 0 aliphatic heterocycles. The fourth-order valence-electron chi connectivity index (χ4n) is 1.29. The minimum Gasteiger partial charge on any atom is -0.293 e. The molecule has 0 aliphatic carbocycles. The summed E-state index contributed by atoms with van der Waals surface area (Å²) in [5.41, 5.74) is 1.44. The van der Waals surface area contributed by atoms with Crippen molar-refractivity contribution in [2.45, 2.75) is 13.8 Å². The number of hydrogen-bond donors (Lipinski definition) is 0. The van der Waals surface area contributed by atoms with Gasteiger partial charge in [0, 0.05) is 5.92 Å². The first-order valence-electron chi connectivity index (χ1n) is 5.24. The highest BCUT2D eigenvalue weighted by Gasteiger charge is 2.12. The molecule has 0 atom stereocenters. The molecule has 3 heteroatoms. The third-order valence-electron chi connectivity index (χ3n) is 2.26. The van der Waals surface area contributed by atoms with Crippen molar-refractivity contribution < 1.29 is 4.79 Å². The number of allylic oxidation sites excluding steroid dienone is 1. The van der Waals surface area contributed by atoms with Crippen LogP contribution in [0.15, 0.2) is 29.8 Å². The van der Waals surface area contributed by atoms with Gasteiger partial charge in [-0.25, -0.2) is 0 Å². The number of hydrogen-bond acceptors (Lipinski definition) is 3. The largest absolute Gasteiger partial charge is 0.293 e. The van der Waals surface area contributed by atoms with Gasteiger partial charge >= 0.3 is 0 Å². The summed E-state index contributed by atoms with van der Waals surface area (Å²) >= 11 is 0. The van der Waals surface area contributed by atoms with Crippen LogP contribution in [0, 0.1) is 28.6 Å². The average Bonchev–Trinajstić information content (AvgIpc) is 2.35. The highest BCUT2D eigenvalue weighted by atomic mass is 16.1. The molecule has 84 valence electrons. The van der Waals surface area contributed by atoms with Gasteiger partial charge in [-0.1, -0.05) is 26.0 Å². The van der Waals surface area contributed by atoms with E-state index in [0.717, 1.165) is 5.56 Å². The molecule has 0 aromatic heterocycles. The molecule has 0 N–H and O–H groups in total. The van der Waals surface area contributed by atoms with Crippen LogP contribution in [0.5, 0.6) is 0 Å². The van der Waals surface area contributed by atoms with Gasteiger partial charge in [0.25, 0.3) is 0 Å². The summed E-state index contributed by atoms with van der Waals surface area (Å²) in [5.74, 6) is -0.365. The smallest absolute Gasteiger partial charge is 0.175 e. The Morgan fingerprint density at radius 3 is 2.24 bits per heavy atom. The Labute approximate surface area is 101 Å². The number of Topliss-reactive ketones (excluding diaryl/α,β-unsaturated/α-hetero) is 1. The molecular weight excluding hydrogens is 212 g/mol. The molecule has 1 aromatic rings. The predicted octanol–water partition coefficient (Wildman–Crippen LogP) is 2.69. The van der Waals surface area contributed by atoms with Crippen molar-refractivity contribution in [1.29, 1.82) is 10.5 Å². The lowest BCUT2D eigenvalue weighted by Crippen LogP contribution is -2.08. The SMILES string of the molecule is CC(C)C(=O)C(C#N)=Cc1ccc(C#N)cc1. The fraction of sp³-hybridized carbons (Fsp3) is 0.214. The van der Waals surface area contributed by atoms with E-state index in [-0.39, 0.29) is 17.3 Å². The minimum absolute atomic E-state index is 0.143. The van der Waals surface area contributed by atoms with Gasteiger partial charge in [0.1, 0.15) is 6.07 Å². The van der Waals surface area contributed by atoms with E-state index in [9.17, 15) is 4.79 Å². The molecule has 17 heavy (non-hydrogen) atoms. The Kier molecular flexibility index (Phi) is 4.20. The highest BCUT2D eigenvalue weighted by Crippen LogP contribution is 2.12. The van der Waals surface area contributed by atoms with Crippen molar-refractivity contribution >= 4 is 11.9 Å². The van der Waals surface area contributed by atoms with Crippen molar-refractivity contribution in [2.75, 3.05) is 0 Å². The molecule has 0 amide bonds. The van der Waals surface area contributed by atoms with E-state index < -0.39 is 0 Å². The monoisotopic (exact) mass is 224 g/mol. The van der Waals surface area contributed by atoms with Crippen LogP contribution < -0.4 is 0 Å². The Morgan fingerprint density at radius 2 is 1.82 bits per heavy atom. The summed E-state index contributed by atoms with van der Waals surface area (Å²) in [7, 11) is 0. The molecule has 0 fully saturated rings. The van der Waals surface area contributed by atoms with Crippen LogP contribution >= 0.6 is 0 Å². The van der Waals surface area contributed by atoms with Crippen LogP contribution in [0.4, 0.5) is 0 Å². The molecule has 0 unspecified atom stereocenters.